The maximum atomic E-state index is 13.2. The van der Waals surface area contributed by atoms with Gasteiger partial charge in [0.05, 0.1) is 93.9 Å². The van der Waals surface area contributed by atoms with Gasteiger partial charge in [0.15, 0.2) is 0 Å². The second-order valence-corrected chi connectivity index (χ2v) is 22.8. The van der Waals surface area contributed by atoms with Crippen LogP contribution in [0.2, 0.25) is 0 Å². The number of nitrogens with zero attached hydrogens (tertiary/aromatic N) is 13. The van der Waals surface area contributed by atoms with Crippen LogP contribution in [0, 0.1) is 0 Å². The summed E-state index contributed by atoms with van der Waals surface area (Å²) in [5.41, 5.74) is 12.3. The largest absolute Gasteiger partial charge is 0.329 e. The molecule has 23 heteroatoms. The number of rotatable bonds is 7. The van der Waals surface area contributed by atoms with Crippen LogP contribution < -0.4 is 16.7 Å². The van der Waals surface area contributed by atoms with Gasteiger partial charge in [-0.2, -0.15) is 14.5 Å². The minimum Gasteiger partial charge on any atom is -0.313 e. The third-order valence-corrected chi connectivity index (χ3v) is 14.1. The number of hydrogen-bond donors (Lipinski definition) is 1. The molecule has 1 N–H and O–H groups in total. The lowest BCUT2D eigenvalue weighted by Crippen LogP contribution is -2.52. The van der Waals surface area contributed by atoms with E-state index >= 15 is 0 Å². The minimum atomic E-state index is -3.29. The van der Waals surface area contributed by atoms with Crippen molar-refractivity contribution < 1.29 is 16.8 Å². The van der Waals surface area contributed by atoms with Gasteiger partial charge in [-0.3, -0.25) is 47.6 Å². The number of hydrogen-bond acceptors (Lipinski definition) is 13. The molecule has 364 valence electrons. The fourth-order valence-corrected chi connectivity index (χ4v) is 9.86. The number of benzene rings is 2. The Morgan fingerprint density at radius 3 is 1.32 bits per heavy atom. The summed E-state index contributed by atoms with van der Waals surface area (Å²) in [7, 11) is 5.31. The van der Waals surface area contributed by atoms with Gasteiger partial charge in [-0.15, -0.1) is 0 Å². The summed E-state index contributed by atoms with van der Waals surface area (Å²) in [6, 6.07) is 20.1. The molecule has 2 saturated heterocycles. The average molecular weight is 1020 g/mol. The number of aromatic nitrogens is 12. The van der Waals surface area contributed by atoms with Crippen molar-refractivity contribution in [2.45, 2.75) is 12.1 Å². The third kappa shape index (κ3) is 9.15. The number of nitrogens with one attached hydrogen (secondary N) is 1. The highest BCUT2D eigenvalue weighted by atomic mass is 35.7. The molecule has 10 aromatic rings. The van der Waals surface area contributed by atoms with E-state index in [4.69, 9.17) is 0 Å². The maximum Gasteiger partial charge on any atom is 0.329 e. The summed E-state index contributed by atoms with van der Waals surface area (Å²) in [5.74, 6) is 0. The summed E-state index contributed by atoms with van der Waals surface area (Å²) in [6.45, 7) is 2.17. The molecule has 12 rings (SSSR count). The first-order valence-corrected chi connectivity index (χ1v) is 26.8. The number of halogens is 1. The molecular weight excluding hydrogens is 968 g/mol. The van der Waals surface area contributed by atoms with E-state index in [9.17, 15) is 26.4 Å². The molecule has 8 aromatic heterocycles. The second-order valence-electron chi connectivity index (χ2n) is 17.8. The zero-order valence-corrected chi connectivity index (χ0v) is 41.7. The van der Waals surface area contributed by atoms with E-state index < -0.39 is 19.1 Å². The topological polar surface area (TPSA) is 225 Å². The first kappa shape index (κ1) is 47.3. The summed E-state index contributed by atoms with van der Waals surface area (Å²) in [5, 5.41) is 13.5. The van der Waals surface area contributed by atoms with E-state index in [1.807, 2.05) is 99.2 Å². The van der Waals surface area contributed by atoms with Crippen molar-refractivity contribution in [2.75, 3.05) is 38.7 Å². The zero-order chi connectivity index (χ0) is 50.1. The Morgan fingerprint density at radius 2 is 0.972 bits per heavy atom. The molecule has 2 aromatic carbocycles. The van der Waals surface area contributed by atoms with Crippen LogP contribution in [0.4, 0.5) is 0 Å². The van der Waals surface area contributed by atoms with Crippen LogP contribution in [-0.2, 0) is 47.3 Å². The first-order chi connectivity index (χ1) is 33.8. The van der Waals surface area contributed by atoms with Gasteiger partial charge in [-0.05, 0) is 47.5 Å². The van der Waals surface area contributed by atoms with Gasteiger partial charge >= 0.3 is 11.4 Å². The molecule has 0 unspecified atom stereocenters. The van der Waals surface area contributed by atoms with E-state index in [2.05, 4.69) is 64.3 Å². The van der Waals surface area contributed by atoms with Gasteiger partial charge in [0.2, 0.25) is 19.1 Å². The molecule has 0 aliphatic carbocycles. The molecule has 0 atom stereocenters. The van der Waals surface area contributed by atoms with Crippen molar-refractivity contribution in [3.63, 3.8) is 0 Å². The van der Waals surface area contributed by atoms with E-state index in [0.29, 0.717) is 5.52 Å². The van der Waals surface area contributed by atoms with E-state index in [1.165, 1.54) is 10.6 Å². The van der Waals surface area contributed by atoms with E-state index in [-0.39, 0.29) is 36.6 Å². The van der Waals surface area contributed by atoms with Crippen molar-refractivity contribution in [2.24, 2.45) is 28.2 Å². The standard InChI is InChI=1S/C24H23N7O3S.C23H21N7O.CH3ClO2S/c1-28-12-17(10-27-28)20-6-5-16(9-25-20)15-4-7-21-19(8-15)23-22(11-26-21)29(2)24(32)31(23)18-13-30(14-18)35(3,33)34;1-28-13-16(9-27-28)19-5-4-15(8-25-19)14-3-6-20-18(7-14)22-21(12-26-20)29(2)23(31)30(22)17-10-24-11-17;1-5(2,3)4/h4-12,18H,13-14H2,1-3H3;3-9,12-13,17,24H,10-11H2,1-2H3;1H3. The Balaban J connectivity index is 0.000000151. The van der Waals surface area contributed by atoms with Crippen LogP contribution in [0.3, 0.4) is 0 Å². The average Bonchev–Trinajstić information content (AvgIpc) is 4.07. The lowest BCUT2D eigenvalue weighted by atomic mass is 10.0. The second kappa shape index (κ2) is 18.1. The Hall–Kier alpha value is -7.37. The third-order valence-electron chi connectivity index (χ3n) is 12.8. The first-order valence-electron chi connectivity index (χ1n) is 22.3. The molecule has 2 aliphatic heterocycles. The number of pyridine rings is 4. The molecule has 0 saturated carbocycles. The predicted octanol–water partition coefficient (Wildman–Crippen LogP) is 4.85. The SMILES string of the molecule is CS(=O)(=O)Cl.Cn1cc(-c2ccc(-c3ccc4ncc5c(c4c3)n(C3CN(S(C)(=O)=O)C3)c(=O)n5C)cn2)cn1.Cn1cc(-c2ccc(-c3ccc4ncc5c(c4c3)n(C3CNC3)c(=O)n5C)cn2)cn1. The Bertz CT molecular complexity index is 4050. The molecule has 2 aliphatic rings. The lowest BCUT2D eigenvalue weighted by Gasteiger charge is -2.37. The highest BCUT2D eigenvalue weighted by molar-refractivity contribution is 8.13. The molecule has 0 spiro atoms. The van der Waals surface area contributed by atoms with Crippen LogP contribution >= 0.6 is 10.7 Å². The van der Waals surface area contributed by atoms with Crippen molar-refractivity contribution in [3.05, 3.63) is 131 Å². The quantitative estimate of drug-likeness (QED) is 0.211. The molecule has 0 radical (unpaired) electrons. The van der Waals surface area contributed by atoms with Gasteiger partial charge in [-0.25, -0.2) is 26.4 Å². The van der Waals surface area contributed by atoms with Gasteiger partial charge in [0.25, 0.3) is 0 Å². The molecule has 20 nitrogen and oxygen atoms in total. The van der Waals surface area contributed by atoms with Gasteiger partial charge in [-0.1, -0.05) is 24.3 Å². The van der Waals surface area contributed by atoms with E-state index in [1.54, 1.807) is 48.7 Å². The summed E-state index contributed by atoms with van der Waals surface area (Å²) >= 11 is 0. The highest BCUT2D eigenvalue weighted by Gasteiger charge is 2.37. The normalized spacial score (nSPS) is 14.6. The van der Waals surface area contributed by atoms with Crippen LogP contribution in [0.5, 0.6) is 0 Å². The lowest BCUT2D eigenvalue weighted by molar-refractivity contribution is 0.205. The number of sulfonamides is 1. The molecule has 10 heterocycles. The number of imidazole rings is 2. The van der Waals surface area contributed by atoms with Crippen LogP contribution in [0.15, 0.2) is 120 Å². The minimum absolute atomic E-state index is 0.00342. The molecular formula is C48H47ClN14O6S2. The monoisotopic (exact) mass is 1010 g/mol. The van der Waals surface area contributed by atoms with Gasteiger partial charge in [0, 0.05) is 123 Å². The summed E-state index contributed by atoms with van der Waals surface area (Å²) < 4.78 is 54.4. The zero-order valence-electron chi connectivity index (χ0n) is 39.3. The molecule has 0 bridgehead atoms. The highest BCUT2D eigenvalue weighted by Crippen LogP contribution is 2.34. The fourth-order valence-electron chi connectivity index (χ4n) is 8.98. The van der Waals surface area contributed by atoms with Crippen LogP contribution in [0.1, 0.15) is 12.1 Å². The Kier molecular flexibility index (Phi) is 12.1. The fraction of sp³-hybridized carbons (Fsp3) is 0.250. The molecule has 2 fully saturated rings. The van der Waals surface area contributed by atoms with Gasteiger partial charge in [0.1, 0.15) is 0 Å². The maximum absolute atomic E-state index is 13.2. The van der Waals surface area contributed by atoms with Gasteiger partial charge < -0.3 is 5.32 Å². The Labute approximate surface area is 410 Å². The smallest absolute Gasteiger partial charge is 0.313 e. The van der Waals surface area contributed by atoms with Crippen molar-refractivity contribution in [3.8, 4) is 44.8 Å². The summed E-state index contributed by atoms with van der Waals surface area (Å²) in [4.78, 5) is 44.5. The molecule has 71 heavy (non-hydrogen) atoms. The van der Waals surface area contributed by atoms with E-state index in [0.717, 1.165) is 102 Å². The van der Waals surface area contributed by atoms with Crippen LogP contribution in [0.25, 0.3) is 88.6 Å². The Morgan fingerprint density at radius 1 is 0.549 bits per heavy atom. The number of fused-ring (bicyclic) bond motifs is 6. The molecule has 0 amide bonds. The van der Waals surface area contributed by atoms with Crippen molar-refractivity contribution in [1.82, 2.24) is 67.4 Å². The predicted molar refractivity (Wildman–Crippen MR) is 274 cm³/mol. The summed E-state index contributed by atoms with van der Waals surface area (Å²) in [6.07, 6.45) is 16.8. The van der Waals surface area contributed by atoms with Crippen molar-refractivity contribution >= 4 is 73.6 Å². The number of aryl methyl sites for hydroxylation is 4. The van der Waals surface area contributed by atoms with Crippen LogP contribution in [-0.4, -0.2) is 118 Å². The van der Waals surface area contributed by atoms with Crippen molar-refractivity contribution in [1.29, 1.82) is 0 Å².